The van der Waals surface area contributed by atoms with Crippen LogP contribution in [0.3, 0.4) is 0 Å². The first-order valence-corrected chi connectivity index (χ1v) is 8.12. The molecule has 0 spiro atoms. The summed E-state index contributed by atoms with van der Waals surface area (Å²) < 4.78 is 5.64. The number of amides is 1. The number of hydrogen-bond acceptors (Lipinski definition) is 4. The molecule has 5 nitrogen and oxygen atoms in total. The van der Waals surface area contributed by atoms with Crippen molar-refractivity contribution in [2.24, 2.45) is 0 Å². The lowest BCUT2D eigenvalue weighted by atomic mass is 10.1. The maximum atomic E-state index is 11.3. The standard InChI is InChI=1S/C19H19ClN2O3/c1-12(22-14(3)24)4-5-15-6-9-19(21-11-15)25-18-8-7-16(13(2)23)10-17(18)20/h4-12H,1-3H3,(H,22,24)/b5-4+/t12-/m0/s1. The van der Waals surface area contributed by atoms with Gasteiger partial charge in [0.2, 0.25) is 11.8 Å². The highest BCUT2D eigenvalue weighted by atomic mass is 35.5. The third-order valence-corrected chi connectivity index (χ3v) is 3.62. The summed E-state index contributed by atoms with van der Waals surface area (Å²) >= 11 is 6.13. The van der Waals surface area contributed by atoms with Crippen LogP contribution in [0.2, 0.25) is 5.02 Å². The lowest BCUT2D eigenvalue weighted by Crippen LogP contribution is -2.28. The van der Waals surface area contributed by atoms with E-state index in [0.29, 0.717) is 22.2 Å². The molecular weight excluding hydrogens is 340 g/mol. The topological polar surface area (TPSA) is 68.3 Å². The number of rotatable bonds is 6. The molecule has 1 N–H and O–H groups in total. The zero-order valence-corrected chi connectivity index (χ0v) is 15.0. The van der Waals surface area contributed by atoms with Gasteiger partial charge in [0.1, 0.15) is 5.75 Å². The van der Waals surface area contributed by atoms with Crippen molar-refractivity contribution >= 4 is 29.4 Å². The van der Waals surface area contributed by atoms with Crippen molar-refractivity contribution in [2.75, 3.05) is 0 Å². The summed E-state index contributed by atoms with van der Waals surface area (Å²) in [7, 11) is 0. The van der Waals surface area contributed by atoms with Crippen LogP contribution in [0.1, 0.15) is 36.7 Å². The molecule has 0 aliphatic rings. The molecular formula is C19H19ClN2O3. The van der Waals surface area contributed by atoms with Crippen LogP contribution >= 0.6 is 11.6 Å². The highest BCUT2D eigenvalue weighted by Crippen LogP contribution is 2.29. The molecule has 1 heterocycles. The number of ether oxygens (including phenoxy) is 1. The summed E-state index contributed by atoms with van der Waals surface area (Å²) in [6.45, 7) is 4.84. The second-order valence-corrected chi connectivity index (χ2v) is 5.99. The fraction of sp³-hybridized carbons (Fsp3) is 0.211. The number of benzene rings is 1. The van der Waals surface area contributed by atoms with E-state index in [0.717, 1.165) is 5.56 Å². The van der Waals surface area contributed by atoms with Gasteiger partial charge in [0.05, 0.1) is 5.02 Å². The summed E-state index contributed by atoms with van der Waals surface area (Å²) in [5.74, 6) is 0.689. The maximum Gasteiger partial charge on any atom is 0.219 e. The Balaban J connectivity index is 2.04. The van der Waals surface area contributed by atoms with E-state index in [1.165, 1.54) is 13.8 Å². The number of halogens is 1. The molecule has 0 radical (unpaired) electrons. The predicted octanol–water partition coefficient (Wildman–Crippen LogP) is 4.27. The Morgan fingerprint density at radius 2 is 2.00 bits per heavy atom. The van der Waals surface area contributed by atoms with E-state index in [4.69, 9.17) is 16.3 Å². The van der Waals surface area contributed by atoms with Crippen LogP contribution in [0.4, 0.5) is 0 Å². The number of pyridine rings is 1. The van der Waals surface area contributed by atoms with Gasteiger partial charge in [-0.25, -0.2) is 4.98 Å². The molecule has 0 aliphatic heterocycles. The molecule has 0 bridgehead atoms. The number of aromatic nitrogens is 1. The SMILES string of the molecule is CC(=O)N[C@@H](C)/C=C/c1ccc(Oc2ccc(C(C)=O)cc2Cl)nc1. The van der Waals surface area contributed by atoms with Gasteiger partial charge in [-0.1, -0.05) is 23.8 Å². The Hall–Kier alpha value is -2.66. The molecule has 0 saturated heterocycles. The minimum Gasteiger partial charge on any atom is -0.437 e. The summed E-state index contributed by atoms with van der Waals surface area (Å²) in [5.41, 5.74) is 1.40. The average molecular weight is 359 g/mol. The van der Waals surface area contributed by atoms with Crippen LogP contribution in [0.15, 0.2) is 42.6 Å². The van der Waals surface area contributed by atoms with Crippen molar-refractivity contribution in [2.45, 2.75) is 26.8 Å². The quantitative estimate of drug-likeness (QED) is 0.783. The van der Waals surface area contributed by atoms with Gasteiger partial charge in [0, 0.05) is 30.8 Å². The van der Waals surface area contributed by atoms with Crippen LogP contribution in [-0.4, -0.2) is 22.7 Å². The number of hydrogen-bond donors (Lipinski definition) is 1. The largest absolute Gasteiger partial charge is 0.437 e. The summed E-state index contributed by atoms with van der Waals surface area (Å²) in [6, 6.07) is 8.37. The average Bonchev–Trinajstić information content (AvgIpc) is 2.55. The minimum atomic E-state index is -0.0771. The van der Waals surface area contributed by atoms with Gasteiger partial charge < -0.3 is 10.1 Å². The highest BCUT2D eigenvalue weighted by Gasteiger charge is 2.07. The van der Waals surface area contributed by atoms with Crippen LogP contribution < -0.4 is 10.1 Å². The van der Waals surface area contributed by atoms with Crippen molar-refractivity contribution in [3.05, 3.63) is 58.8 Å². The van der Waals surface area contributed by atoms with Gasteiger partial charge >= 0.3 is 0 Å². The molecule has 2 rings (SSSR count). The molecule has 130 valence electrons. The fourth-order valence-corrected chi connectivity index (χ4v) is 2.31. The van der Waals surface area contributed by atoms with Gasteiger partial charge in [-0.05, 0) is 43.7 Å². The van der Waals surface area contributed by atoms with E-state index >= 15 is 0 Å². The van der Waals surface area contributed by atoms with Crippen LogP contribution in [0.5, 0.6) is 11.6 Å². The first-order chi connectivity index (χ1) is 11.8. The number of nitrogens with one attached hydrogen (secondary N) is 1. The molecule has 25 heavy (non-hydrogen) atoms. The molecule has 6 heteroatoms. The third-order valence-electron chi connectivity index (χ3n) is 3.32. The van der Waals surface area contributed by atoms with Crippen LogP contribution in [0.25, 0.3) is 6.08 Å². The van der Waals surface area contributed by atoms with Gasteiger partial charge in [0.15, 0.2) is 5.78 Å². The van der Waals surface area contributed by atoms with Crippen molar-refractivity contribution in [1.29, 1.82) is 0 Å². The van der Waals surface area contributed by atoms with Gasteiger partial charge in [-0.3, -0.25) is 9.59 Å². The predicted molar refractivity (Wildman–Crippen MR) is 98.1 cm³/mol. The van der Waals surface area contributed by atoms with E-state index in [2.05, 4.69) is 10.3 Å². The monoisotopic (exact) mass is 358 g/mol. The number of Topliss-reactive ketones (excluding diaryl/α,β-unsaturated/α-hetero) is 1. The Bertz CT molecular complexity index is 801. The molecule has 0 saturated carbocycles. The lowest BCUT2D eigenvalue weighted by molar-refractivity contribution is -0.119. The van der Waals surface area contributed by atoms with E-state index in [-0.39, 0.29) is 17.7 Å². The van der Waals surface area contributed by atoms with Gasteiger partial charge in [-0.2, -0.15) is 0 Å². The molecule has 0 aliphatic carbocycles. The van der Waals surface area contributed by atoms with Gasteiger partial charge in [0.25, 0.3) is 0 Å². The lowest BCUT2D eigenvalue weighted by Gasteiger charge is -2.08. The van der Waals surface area contributed by atoms with E-state index in [9.17, 15) is 9.59 Å². The second kappa shape index (κ2) is 8.44. The van der Waals surface area contributed by atoms with E-state index in [1.54, 1.807) is 30.5 Å². The smallest absolute Gasteiger partial charge is 0.219 e. The minimum absolute atomic E-state index is 0.0591. The Kier molecular flexibility index (Phi) is 6.31. The van der Waals surface area contributed by atoms with Crippen molar-refractivity contribution in [3.8, 4) is 11.6 Å². The summed E-state index contributed by atoms with van der Waals surface area (Å²) in [5, 5.41) is 3.12. The summed E-state index contributed by atoms with van der Waals surface area (Å²) in [6.07, 6.45) is 5.40. The Morgan fingerprint density at radius 3 is 2.56 bits per heavy atom. The van der Waals surface area contributed by atoms with Crippen molar-refractivity contribution in [3.63, 3.8) is 0 Å². The molecule has 2 aromatic rings. The normalized spacial score (nSPS) is 12.0. The zero-order valence-electron chi connectivity index (χ0n) is 14.2. The van der Waals surface area contributed by atoms with Crippen molar-refractivity contribution < 1.29 is 14.3 Å². The van der Waals surface area contributed by atoms with Crippen LogP contribution in [0, 0.1) is 0 Å². The second-order valence-electron chi connectivity index (χ2n) is 5.58. The maximum absolute atomic E-state index is 11.3. The Labute approximate surface area is 151 Å². The number of carbonyl (C=O) groups is 2. The zero-order chi connectivity index (χ0) is 18.4. The first kappa shape index (κ1) is 18.7. The highest BCUT2D eigenvalue weighted by molar-refractivity contribution is 6.32. The number of carbonyl (C=O) groups excluding carboxylic acids is 2. The third kappa shape index (κ3) is 5.72. The fourth-order valence-electron chi connectivity index (χ4n) is 2.09. The molecule has 0 unspecified atom stereocenters. The number of nitrogens with zero attached hydrogens (tertiary/aromatic N) is 1. The van der Waals surface area contributed by atoms with E-state index in [1.807, 2.05) is 25.1 Å². The van der Waals surface area contributed by atoms with E-state index < -0.39 is 0 Å². The van der Waals surface area contributed by atoms with Gasteiger partial charge in [-0.15, -0.1) is 0 Å². The molecule has 1 aromatic carbocycles. The molecule has 1 amide bonds. The Morgan fingerprint density at radius 1 is 1.24 bits per heavy atom. The number of ketones is 1. The molecule has 1 atom stereocenters. The first-order valence-electron chi connectivity index (χ1n) is 7.75. The van der Waals surface area contributed by atoms with Crippen molar-refractivity contribution in [1.82, 2.24) is 10.3 Å². The van der Waals surface area contributed by atoms with Crippen LogP contribution in [-0.2, 0) is 4.79 Å². The molecule has 0 fully saturated rings. The molecule has 1 aromatic heterocycles. The summed E-state index contributed by atoms with van der Waals surface area (Å²) in [4.78, 5) is 26.5.